The van der Waals surface area contributed by atoms with Gasteiger partial charge in [-0.1, -0.05) is 29.8 Å². The molecule has 1 N–H and O–H groups in total. The van der Waals surface area contributed by atoms with Crippen LogP contribution in [0.3, 0.4) is 0 Å². The number of hydrogen-bond donors (Lipinski definition) is 1. The quantitative estimate of drug-likeness (QED) is 0.782. The number of hydrogen-bond acceptors (Lipinski definition) is 3. The Morgan fingerprint density at radius 2 is 1.76 bits per heavy atom. The smallest absolute Gasteiger partial charge is 0.124 e. The number of rotatable bonds is 7. The van der Waals surface area contributed by atoms with Gasteiger partial charge in [0.1, 0.15) is 24.7 Å². The summed E-state index contributed by atoms with van der Waals surface area (Å²) in [6.07, 6.45) is 0. The summed E-state index contributed by atoms with van der Waals surface area (Å²) in [5.41, 5.74) is 1.05. The standard InChI is InChI=1S/C17H20ClNO2/c1-13(19-2)16-12-14(18)8-9-17(16)21-11-10-20-15-6-4-3-5-7-15/h3-9,12-13,19H,10-11H2,1-2H3. The minimum absolute atomic E-state index is 0.175. The van der Waals surface area contributed by atoms with Crippen LogP contribution in [0.4, 0.5) is 0 Å². The molecular weight excluding hydrogens is 286 g/mol. The molecule has 0 bridgehead atoms. The maximum Gasteiger partial charge on any atom is 0.124 e. The largest absolute Gasteiger partial charge is 0.490 e. The van der Waals surface area contributed by atoms with Gasteiger partial charge in [-0.2, -0.15) is 0 Å². The number of benzene rings is 2. The van der Waals surface area contributed by atoms with Gasteiger partial charge in [0.05, 0.1) is 0 Å². The molecule has 2 rings (SSSR count). The molecular formula is C17H20ClNO2. The number of halogens is 1. The van der Waals surface area contributed by atoms with E-state index in [1.165, 1.54) is 0 Å². The lowest BCUT2D eigenvalue weighted by molar-refractivity contribution is 0.215. The van der Waals surface area contributed by atoms with Crippen LogP contribution in [0.15, 0.2) is 48.5 Å². The van der Waals surface area contributed by atoms with Gasteiger partial charge in [-0.25, -0.2) is 0 Å². The van der Waals surface area contributed by atoms with Crippen LogP contribution in [0.5, 0.6) is 11.5 Å². The summed E-state index contributed by atoms with van der Waals surface area (Å²) in [6, 6.07) is 15.5. The minimum atomic E-state index is 0.175. The maximum atomic E-state index is 6.05. The van der Waals surface area contributed by atoms with Crippen molar-refractivity contribution in [2.45, 2.75) is 13.0 Å². The van der Waals surface area contributed by atoms with Crippen molar-refractivity contribution in [3.8, 4) is 11.5 Å². The first-order valence-electron chi connectivity index (χ1n) is 6.98. The molecule has 0 amide bonds. The second kappa shape index (κ2) is 7.91. The van der Waals surface area contributed by atoms with Crippen LogP contribution < -0.4 is 14.8 Å². The lowest BCUT2D eigenvalue weighted by Gasteiger charge is -2.17. The molecule has 0 fully saturated rings. The van der Waals surface area contributed by atoms with E-state index in [1.807, 2.05) is 55.6 Å². The second-order valence-electron chi connectivity index (χ2n) is 4.70. The summed E-state index contributed by atoms with van der Waals surface area (Å²) in [7, 11) is 1.91. The fourth-order valence-corrected chi connectivity index (χ4v) is 2.15. The molecule has 21 heavy (non-hydrogen) atoms. The van der Waals surface area contributed by atoms with Crippen molar-refractivity contribution in [1.82, 2.24) is 5.32 Å². The lowest BCUT2D eigenvalue weighted by atomic mass is 10.1. The molecule has 0 heterocycles. The van der Waals surface area contributed by atoms with Gasteiger partial charge in [0.15, 0.2) is 0 Å². The van der Waals surface area contributed by atoms with Crippen LogP contribution in [0.2, 0.25) is 5.02 Å². The summed E-state index contributed by atoms with van der Waals surface area (Å²) in [4.78, 5) is 0. The maximum absolute atomic E-state index is 6.05. The van der Waals surface area contributed by atoms with E-state index in [0.29, 0.717) is 18.2 Å². The van der Waals surface area contributed by atoms with E-state index in [0.717, 1.165) is 17.1 Å². The summed E-state index contributed by atoms with van der Waals surface area (Å²) in [6.45, 7) is 3.05. The third-order valence-corrected chi connectivity index (χ3v) is 3.46. The van der Waals surface area contributed by atoms with Gasteiger partial charge in [0, 0.05) is 16.6 Å². The van der Waals surface area contributed by atoms with E-state index < -0.39 is 0 Å². The van der Waals surface area contributed by atoms with Gasteiger partial charge in [0.2, 0.25) is 0 Å². The Bertz CT molecular complexity index is 560. The van der Waals surface area contributed by atoms with Gasteiger partial charge in [-0.3, -0.25) is 0 Å². The van der Waals surface area contributed by atoms with E-state index in [-0.39, 0.29) is 6.04 Å². The average Bonchev–Trinajstić information content (AvgIpc) is 2.53. The van der Waals surface area contributed by atoms with Crippen molar-refractivity contribution < 1.29 is 9.47 Å². The first kappa shape index (κ1) is 15.7. The Morgan fingerprint density at radius 3 is 2.48 bits per heavy atom. The molecule has 2 aromatic carbocycles. The van der Waals surface area contributed by atoms with E-state index in [2.05, 4.69) is 12.2 Å². The lowest BCUT2D eigenvalue weighted by Crippen LogP contribution is -2.15. The Labute approximate surface area is 130 Å². The van der Waals surface area contributed by atoms with E-state index in [1.54, 1.807) is 0 Å². The third-order valence-electron chi connectivity index (χ3n) is 3.22. The van der Waals surface area contributed by atoms with Crippen molar-refractivity contribution in [2.75, 3.05) is 20.3 Å². The second-order valence-corrected chi connectivity index (χ2v) is 5.14. The van der Waals surface area contributed by atoms with Crippen molar-refractivity contribution >= 4 is 11.6 Å². The van der Waals surface area contributed by atoms with Gasteiger partial charge in [0.25, 0.3) is 0 Å². The highest BCUT2D eigenvalue weighted by atomic mass is 35.5. The Morgan fingerprint density at radius 1 is 1.05 bits per heavy atom. The number of nitrogens with one attached hydrogen (secondary N) is 1. The molecule has 4 heteroatoms. The predicted molar refractivity (Wildman–Crippen MR) is 86.4 cm³/mol. The fraction of sp³-hybridized carbons (Fsp3) is 0.294. The zero-order valence-corrected chi connectivity index (χ0v) is 13.1. The average molecular weight is 306 g/mol. The molecule has 1 unspecified atom stereocenters. The molecule has 2 aromatic rings. The fourth-order valence-electron chi connectivity index (χ4n) is 1.97. The van der Waals surface area contributed by atoms with Gasteiger partial charge in [-0.05, 0) is 44.3 Å². The van der Waals surface area contributed by atoms with Crippen LogP contribution in [-0.2, 0) is 0 Å². The van der Waals surface area contributed by atoms with Crippen molar-refractivity contribution in [3.05, 3.63) is 59.1 Å². The highest BCUT2D eigenvalue weighted by Crippen LogP contribution is 2.28. The van der Waals surface area contributed by atoms with Gasteiger partial charge < -0.3 is 14.8 Å². The Kier molecular flexibility index (Phi) is 5.90. The SMILES string of the molecule is CNC(C)c1cc(Cl)ccc1OCCOc1ccccc1. The molecule has 3 nitrogen and oxygen atoms in total. The van der Waals surface area contributed by atoms with E-state index >= 15 is 0 Å². The van der Waals surface area contributed by atoms with Crippen LogP contribution in [0.1, 0.15) is 18.5 Å². The molecule has 0 spiro atoms. The van der Waals surface area contributed by atoms with Crippen LogP contribution >= 0.6 is 11.6 Å². The molecule has 0 aliphatic carbocycles. The van der Waals surface area contributed by atoms with Crippen molar-refractivity contribution in [2.24, 2.45) is 0 Å². The first-order chi connectivity index (χ1) is 10.2. The summed E-state index contributed by atoms with van der Waals surface area (Å²) < 4.78 is 11.4. The third kappa shape index (κ3) is 4.66. The Balaban J connectivity index is 1.91. The number of ether oxygens (including phenoxy) is 2. The predicted octanol–water partition coefficient (Wildman–Crippen LogP) is 4.08. The molecule has 0 saturated heterocycles. The van der Waals surface area contributed by atoms with Crippen LogP contribution in [0, 0.1) is 0 Å². The topological polar surface area (TPSA) is 30.5 Å². The highest BCUT2D eigenvalue weighted by molar-refractivity contribution is 6.30. The monoisotopic (exact) mass is 305 g/mol. The highest BCUT2D eigenvalue weighted by Gasteiger charge is 2.10. The molecule has 1 atom stereocenters. The van der Waals surface area contributed by atoms with Crippen LogP contribution in [-0.4, -0.2) is 20.3 Å². The number of para-hydroxylation sites is 1. The van der Waals surface area contributed by atoms with Gasteiger partial charge >= 0.3 is 0 Å². The van der Waals surface area contributed by atoms with Gasteiger partial charge in [-0.15, -0.1) is 0 Å². The summed E-state index contributed by atoms with van der Waals surface area (Å²) >= 11 is 6.05. The molecule has 0 radical (unpaired) electrons. The molecule has 112 valence electrons. The minimum Gasteiger partial charge on any atom is -0.490 e. The molecule has 0 aromatic heterocycles. The molecule has 0 aliphatic heterocycles. The summed E-state index contributed by atoms with van der Waals surface area (Å²) in [5.74, 6) is 1.68. The Hall–Kier alpha value is -1.71. The van der Waals surface area contributed by atoms with Crippen molar-refractivity contribution in [1.29, 1.82) is 0 Å². The van der Waals surface area contributed by atoms with E-state index in [9.17, 15) is 0 Å². The molecule has 0 aliphatic rings. The molecule has 0 saturated carbocycles. The van der Waals surface area contributed by atoms with Crippen molar-refractivity contribution in [3.63, 3.8) is 0 Å². The zero-order chi connectivity index (χ0) is 15.1. The summed E-state index contributed by atoms with van der Waals surface area (Å²) in [5, 5.41) is 3.90. The normalized spacial score (nSPS) is 12.0. The first-order valence-corrected chi connectivity index (χ1v) is 7.36. The van der Waals surface area contributed by atoms with E-state index in [4.69, 9.17) is 21.1 Å². The zero-order valence-electron chi connectivity index (χ0n) is 12.3. The van der Waals surface area contributed by atoms with Crippen LogP contribution in [0.25, 0.3) is 0 Å².